The number of hydrogen-bond acceptors (Lipinski definition) is 4. The van der Waals surface area contributed by atoms with Crippen molar-refractivity contribution in [2.45, 2.75) is 13.8 Å². The molecule has 0 spiro atoms. The zero-order valence-corrected chi connectivity index (χ0v) is 14.6. The molecule has 2 rings (SSSR count). The predicted molar refractivity (Wildman–Crippen MR) is 87.6 cm³/mol. The van der Waals surface area contributed by atoms with E-state index in [4.69, 9.17) is 5.11 Å². The van der Waals surface area contributed by atoms with Crippen LogP contribution in [0.3, 0.4) is 0 Å². The fraction of sp³-hybridized carbons (Fsp3) is 0.333. The fourth-order valence-corrected chi connectivity index (χ4v) is 2.52. The summed E-state index contributed by atoms with van der Waals surface area (Å²) < 4.78 is 2.47. The smallest absolute Gasteiger partial charge is 0.308 e. The van der Waals surface area contributed by atoms with Gasteiger partial charge in [-0.05, 0) is 25.1 Å². The Balaban J connectivity index is 2.25. The number of carboxylic acid groups (broad SMARTS) is 1. The molecule has 0 bridgehead atoms. The van der Waals surface area contributed by atoms with Crippen LogP contribution >= 0.6 is 15.9 Å². The molecule has 1 atom stereocenters. The highest BCUT2D eigenvalue weighted by Gasteiger charge is 2.23. The van der Waals surface area contributed by atoms with Gasteiger partial charge >= 0.3 is 5.97 Å². The lowest BCUT2D eigenvalue weighted by molar-refractivity contribution is -0.141. The average Bonchev–Trinajstić information content (AvgIpc) is 2.87. The first-order valence-electron chi connectivity index (χ1n) is 6.97. The Kier molecular flexibility index (Phi) is 5.15. The molecular formula is C15H17BrN4O3. The van der Waals surface area contributed by atoms with E-state index < -0.39 is 11.9 Å². The van der Waals surface area contributed by atoms with E-state index in [-0.39, 0.29) is 18.1 Å². The average molecular weight is 381 g/mol. The van der Waals surface area contributed by atoms with Crippen LogP contribution in [0, 0.1) is 12.8 Å². The molecule has 0 aliphatic rings. The Labute approximate surface area is 142 Å². The van der Waals surface area contributed by atoms with Crippen LogP contribution in [-0.2, 0) is 4.79 Å². The normalized spacial score (nSPS) is 12.0. The van der Waals surface area contributed by atoms with Gasteiger partial charge in [0.2, 0.25) is 0 Å². The Morgan fingerprint density at radius 3 is 2.74 bits per heavy atom. The van der Waals surface area contributed by atoms with Crippen LogP contribution in [0.2, 0.25) is 0 Å². The van der Waals surface area contributed by atoms with E-state index >= 15 is 0 Å². The van der Waals surface area contributed by atoms with Gasteiger partial charge in [0.05, 0.1) is 17.3 Å². The van der Waals surface area contributed by atoms with Crippen molar-refractivity contribution in [2.75, 3.05) is 13.6 Å². The largest absolute Gasteiger partial charge is 0.481 e. The number of carbonyl (C=O) groups is 2. The minimum Gasteiger partial charge on any atom is -0.481 e. The van der Waals surface area contributed by atoms with Gasteiger partial charge in [-0.1, -0.05) is 34.1 Å². The number of aromatic nitrogens is 3. The molecule has 1 heterocycles. The van der Waals surface area contributed by atoms with Crippen LogP contribution in [0.5, 0.6) is 0 Å². The zero-order chi connectivity index (χ0) is 17.1. The van der Waals surface area contributed by atoms with Crippen molar-refractivity contribution in [3.8, 4) is 5.69 Å². The van der Waals surface area contributed by atoms with Gasteiger partial charge < -0.3 is 10.0 Å². The third-order valence-corrected chi connectivity index (χ3v) is 3.96. The quantitative estimate of drug-likeness (QED) is 0.857. The highest BCUT2D eigenvalue weighted by molar-refractivity contribution is 9.10. The summed E-state index contributed by atoms with van der Waals surface area (Å²) in [5.41, 5.74) is 1.60. The molecule has 0 saturated carbocycles. The van der Waals surface area contributed by atoms with Crippen molar-refractivity contribution < 1.29 is 14.7 Å². The predicted octanol–water partition coefficient (Wildman–Crippen LogP) is 2.13. The van der Waals surface area contributed by atoms with Crippen molar-refractivity contribution in [3.05, 3.63) is 40.1 Å². The molecule has 0 aliphatic carbocycles. The van der Waals surface area contributed by atoms with E-state index in [9.17, 15) is 9.59 Å². The second kappa shape index (κ2) is 6.91. The summed E-state index contributed by atoms with van der Waals surface area (Å²) in [4.78, 5) is 24.7. The molecule has 23 heavy (non-hydrogen) atoms. The number of carboxylic acids is 1. The van der Waals surface area contributed by atoms with E-state index in [0.29, 0.717) is 5.69 Å². The van der Waals surface area contributed by atoms with E-state index in [1.807, 2.05) is 24.3 Å². The topological polar surface area (TPSA) is 88.3 Å². The van der Waals surface area contributed by atoms with Gasteiger partial charge in [-0.2, -0.15) is 0 Å². The van der Waals surface area contributed by atoms with Crippen LogP contribution < -0.4 is 0 Å². The highest BCUT2D eigenvalue weighted by atomic mass is 79.9. The lowest BCUT2D eigenvalue weighted by Crippen LogP contribution is -2.34. The molecule has 8 heteroatoms. The van der Waals surface area contributed by atoms with Crippen LogP contribution in [0.15, 0.2) is 28.7 Å². The monoisotopic (exact) mass is 380 g/mol. The maximum Gasteiger partial charge on any atom is 0.308 e. The Morgan fingerprint density at radius 1 is 1.43 bits per heavy atom. The summed E-state index contributed by atoms with van der Waals surface area (Å²) in [5, 5.41) is 16.9. The van der Waals surface area contributed by atoms with Gasteiger partial charge in [0.25, 0.3) is 5.91 Å². The van der Waals surface area contributed by atoms with Gasteiger partial charge in [0, 0.05) is 18.1 Å². The Bertz CT molecular complexity index is 744. The van der Waals surface area contributed by atoms with E-state index in [0.717, 1.165) is 10.2 Å². The van der Waals surface area contributed by atoms with Crippen LogP contribution in [0.25, 0.3) is 5.69 Å². The molecule has 1 unspecified atom stereocenters. The second-order valence-corrected chi connectivity index (χ2v) is 6.26. The van der Waals surface area contributed by atoms with Crippen molar-refractivity contribution in [2.24, 2.45) is 5.92 Å². The summed E-state index contributed by atoms with van der Waals surface area (Å²) in [6.45, 7) is 3.41. The number of amides is 1. The van der Waals surface area contributed by atoms with Gasteiger partial charge in [0.1, 0.15) is 0 Å². The molecule has 1 aromatic heterocycles. The summed E-state index contributed by atoms with van der Waals surface area (Å²) in [6.07, 6.45) is 0. The van der Waals surface area contributed by atoms with E-state index in [1.165, 1.54) is 4.90 Å². The molecule has 0 saturated heterocycles. The van der Waals surface area contributed by atoms with Crippen molar-refractivity contribution in [1.82, 2.24) is 19.9 Å². The SMILES string of the molecule is Cc1c(C(=O)N(C)CC(C)C(=O)O)nnn1-c1cccc(Br)c1. The maximum absolute atomic E-state index is 12.4. The first-order chi connectivity index (χ1) is 10.8. The Hall–Kier alpha value is -2.22. The number of halogens is 1. The van der Waals surface area contributed by atoms with Gasteiger partial charge in [0.15, 0.2) is 5.69 Å². The molecule has 7 nitrogen and oxygen atoms in total. The molecule has 0 aliphatic heterocycles. The Morgan fingerprint density at radius 2 is 2.13 bits per heavy atom. The van der Waals surface area contributed by atoms with Crippen LogP contribution in [-0.4, -0.2) is 50.5 Å². The summed E-state index contributed by atoms with van der Waals surface area (Å²) in [5.74, 6) is -1.94. The molecule has 0 fully saturated rings. The van der Waals surface area contributed by atoms with Crippen LogP contribution in [0.1, 0.15) is 23.1 Å². The molecule has 2 aromatic rings. The number of rotatable bonds is 5. The minimum absolute atomic E-state index is 0.108. The maximum atomic E-state index is 12.4. The van der Waals surface area contributed by atoms with Gasteiger partial charge in [-0.15, -0.1) is 5.10 Å². The van der Waals surface area contributed by atoms with Crippen molar-refractivity contribution in [3.63, 3.8) is 0 Å². The molecule has 0 radical (unpaired) electrons. The molecule has 1 aromatic carbocycles. The van der Waals surface area contributed by atoms with Crippen molar-refractivity contribution >= 4 is 27.8 Å². The number of carbonyl (C=O) groups excluding carboxylic acids is 1. The van der Waals surface area contributed by atoms with Gasteiger partial charge in [-0.25, -0.2) is 4.68 Å². The number of benzene rings is 1. The first-order valence-corrected chi connectivity index (χ1v) is 7.77. The number of hydrogen-bond donors (Lipinski definition) is 1. The third-order valence-electron chi connectivity index (χ3n) is 3.47. The second-order valence-electron chi connectivity index (χ2n) is 5.34. The van der Waals surface area contributed by atoms with E-state index in [1.54, 1.807) is 25.6 Å². The van der Waals surface area contributed by atoms with Crippen LogP contribution in [0.4, 0.5) is 0 Å². The molecule has 1 amide bonds. The third kappa shape index (κ3) is 3.76. The number of aliphatic carboxylic acids is 1. The summed E-state index contributed by atoms with van der Waals surface area (Å²) >= 11 is 3.39. The zero-order valence-electron chi connectivity index (χ0n) is 13.0. The standard InChI is InChI=1S/C15H17BrN4O3/c1-9(15(22)23)8-19(3)14(21)13-10(2)20(18-17-13)12-6-4-5-11(16)7-12/h4-7,9H,8H2,1-3H3,(H,22,23). The number of nitrogens with zero attached hydrogens (tertiary/aromatic N) is 4. The minimum atomic E-state index is -0.945. The summed E-state index contributed by atoms with van der Waals surface area (Å²) in [6, 6.07) is 7.48. The van der Waals surface area contributed by atoms with Crippen molar-refractivity contribution in [1.29, 1.82) is 0 Å². The molecule has 122 valence electrons. The summed E-state index contributed by atoms with van der Waals surface area (Å²) in [7, 11) is 1.55. The molecule has 1 N–H and O–H groups in total. The lowest BCUT2D eigenvalue weighted by atomic mass is 10.1. The fourth-order valence-electron chi connectivity index (χ4n) is 2.13. The highest BCUT2D eigenvalue weighted by Crippen LogP contribution is 2.18. The first kappa shape index (κ1) is 17.1. The molecular weight excluding hydrogens is 364 g/mol. The van der Waals surface area contributed by atoms with E-state index in [2.05, 4.69) is 26.2 Å². The van der Waals surface area contributed by atoms with Gasteiger partial charge in [-0.3, -0.25) is 9.59 Å². The lowest BCUT2D eigenvalue weighted by Gasteiger charge is -2.18.